The molecule has 1 aromatic rings. The van der Waals surface area contributed by atoms with Crippen molar-refractivity contribution in [3.05, 3.63) is 28.2 Å². The normalized spacial score (nSPS) is 18.1. The summed E-state index contributed by atoms with van der Waals surface area (Å²) in [5, 5.41) is 4.12. The number of hydrogen-bond acceptors (Lipinski definition) is 6. The first kappa shape index (κ1) is 20.7. The highest BCUT2D eigenvalue weighted by molar-refractivity contribution is 9.10. The molecule has 7 heteroatoms. The van der Waals surface area contributed by atoms with Crippen LogP contribution in [0.1, 0.15) is 46.6 Å². The molecule has 0 radical (unpaired) electrons. The fourth-order valence-electron chi connectivity index (χ4n) is 2.49. The lowest BCUT2D eigenvalue weighted by atomic mass is 10.0. The topological polar surface area (TPSA) is 66.3 Å². The van der Waals surface area contributed by atoms with Crippen LogP contribution in [0.25, 0.3) is 0 Å². The van der Waals surface area contributed by atoms with Crippen molar-refractivity contribution in [2.24, 2.45) is 5.16 Å². The van der Waals surface area contributed by atoms with Crippen LogP contribution in [0.4, 0.5) is 0 Å². The van der Waals surface area contributed by atoms with Gasteiger partial charge in [0, 0.05) is 16.6 Å². The fourth-order valence-corrected chi connectivity index (χ4v) is 2.85. The van der Waals surface area contributed by atoms with Gasteiger partial charge in [-0.1, -0.05) is 28.0 Å². The summed E-state index contributed by atoms with van der Waals surface area (Å²) in [7, 11) is 0. The number of esters is 1. The summed E-state index contributed by atoms with van der Waals surface area (Å²) in [4.78, 5) is 17.6. The second-order valence-electron chi connectivity index (χ2n) is 6.90. The van der Waals surface area contributed by atoms with E-state index in [9.17, 15) is 4.79 Å². The number of benzene rings is 1. The maximum absolute atomic E-state index is 12.4. The maximum atomic E-state index is 12.4. The van der Waals surface area contributed by atoms with Crippen LogP contribution in [0.5, 0.6) is 5.75 Å². The fraction of sp³-hybridized carbons (Fsp3) is 0.579. The number of carbonyl (C=O) groups excluding carboxylic acids is 1. The average Bonchev–Trinajstić information content (AvgIpc) is 3.00. The maximum Gasteiger partial charge on any atom is 0.347 e. The van der Waals surface area contributed by atoms with Crippen LogP contribution < -0.4 is 4.74 Å². The van der Waals surface area contributed by atoms with Gasteiger partial charge in [0.25, 0.3) is 0 Å². The summed E-state index contributed by atoms with van der Waals surface area (Å²) in [5.74, 6) is 0.152. The number of hydrogen-bond donors (Lipinski definition) is 0. The molecule has 0 spiro atoms. The summed E-state index contributed by atoms with van der Waals surface area (Å²) in [6.45, 7) is 10.2. The first-order valence-electron chi connectivity index (χ1n) is 8.76. The molecule has 2 rings (SSSR count). The van der Waals surface area contributed by atoms with Gasteiger partial charge in [0.2, 0.25) is 0 Å². The second-order valence-corrected chi connectivity index (χ2v) is 7.82. The van der Waals surface area contributed by atoms with Crippen LogP contribution in [0.15, 0.2) is 27.8 Å². The van der Waals surface area contributed by atoms with Crippen LogP contribution in [-0.2, 0) is 19.1 Å². The molecule has 144 valence electrons. The van der Waals surface area contributed by atoms with Crippen molar-refractivity contribution < 1.29 is 23.8 Å². The van der Waals surface area contributed by atoms with E-state index < -0.39 is 11.7 Å². The van der Waals surface area contributed by atoms with Gasteiger partial charge in [0.05, 0.1) is 0 Å². The lowest BCUT2D eigenvalue weighted by Crippen LogP contribution is -2.35. The molecule has 0 bridgehead atoms. The van der Waals surface area contributed by atoms with Gasteiger partial charge in [-0.3, -0.25) is 0 Å². The molecule has 0 aliphatic carbocycles. The van der Waals surface area contributed by atoms with Crippen LogP contribution in [-0.4, -0.2) is 42.7 Å². The van der Waals surface area contributed by atoms with Crippen LogP contribution >= 0.6 is 15.9 Å². The quantitative estimate of drug-likeness (QED) is 0.613. The highest BCUT2D eigenvalue weighted by atomic mass is 79.9. The second kappa shape index (κ2) is 8.86. The Labute approximate surface area is 163 Å². The molecule has 0 amide bonds. The first-order chi connectivity index (χ1) is 12.2. The first-order valence-corrected chi connectivity index (χ1v) is 9.55. The van der Waals surface area contributed by atoms with Crippen molar-refractivity contribution in [2.45, 2.75) is 58.8 Å². The molecule has 0 saturated heterocycles. The van der Waals surface area contributed by atoms with Crippen molar-refractivity contribution >= 4 is 27.6 Å². The molecule has 1 aliphatic heterocycles. The van der Waals surface area contributed by atoms with E-state index in [1.54, 1.807) is 6.07 Å². The molecule has 1 unspecified atom stereocenters. The van der Waals surface area contributed by atoms with Gasteiger partial charge in [-0.2, -0.15) is 0 Å². The van der Waals surface area contributed by atoms with E-state index in [1.165, 1.54) is 0 Å². The van der Waals surface area contributed by atoms with Crippen molar-refractivity contribution in [3.63, 3.8) is 0 Å². The largest absolute Gasteiger partial charge is 0.478 e. The van der Waals surface area contributed by atoms with Gasteiger partial charge in [-0.25, -0.2) is 4.79 Å². The van der Waals surface area contributed by atoms with E-state index in [2.05, 4.69) is 21.1 Å². The smallest absolute Gasteiger partial charge is 0.347 e. The van der Waals surface area contributed by atoms with E-state index in [0.29, 0.717) is 31.1 Å². The van der Waals surface area contributed by atoms with E-state index in [4.69, 9.17) is 19.0 Å². The third-order valence-electron chi connectivity index (χ3n) is 3.59. The van der Waals surface area contributed by atoms with E-state index in [0.717, 1.165) is 10.0 Å². The van der Waals surface area contributed by atoms with E-state index >= 15 is 0 Å². The van der Waals surface area contributed by atoms with E-state index in [-0.39, 0.29) is 12.1 Å². The highest BCUT2D eigenvalue weighted by Crippen LogP contribution is 2.29. The Morgan fingerprint density at radius 2 is 2.12 bits per heavy atom. The zero-order chi connectivity index (χ0) is 19.3. The molecule has 0 N–H and O–H groups in total. The van der Waals surface area contributed by atoms with E-state index in [1.807, 2.05) is 46.8 Å². The zero-order valence-electron chi connectivity index (χ0n) is 15.9. The number of nitrogens with zero attached hydrogens (tertiary/aromatic N) is 1. The third-order valence-corrected chi connectivity index (χ3v) is 4.08. The summed E-state index contributed by atoms with van der Waals surface area (Å²) in [5.41, 5.74) is 0.819. The Bertz CT molecular complexity index is 668. The summed E-state index contributed by atoms with van der Waals surface area (Å²) < 4.78 is 18.0. The molecule has 6 nitrogen and oxygen atoms in total. The minimum Gasteiger partial charge on any atom is -0.478 e. The van der Waals surface area contributed by atoms with Crippen LogP contribution in [0.3, 0.4) is 0 Å². The highest BCUT2D eigenvalue weighted by Gasteiger charge is 2.30. The number of carbonyl (C=O) groups is 1. The SMILES string of the molecule is CCOC1CON=C1c1cc(Br)ccc1O[C@@H](CC)C(=O)OC(C)(C)C. The van der Waals surface area contributed by atoms with Gasteiger partial charge in [0.1, 0.15) is 29.8 Å². The summed E-state index contributed by atoms with van der Waals surface area (Å²) in [6, 6.07) is 5.54. The molecule has 26 heavy (non-hydrogen) atoms. The molecular weight excluding hydrogens is 402 g/mol. The number of rotatable bonds is 7. The molecule has 1 aliphatic rings. The molecule has 0 aromatic heterocycles. The summed E-state index contributed by atoms with van der Waals surface area (Å²) >= 11 is 3.47. The number of oxime groups is 1. The van der Waals surface area contributed by atoms with Gasteiger partial charge < -0.3 is 19.0 Å². The standard InChI is InChI=1S/C19H26BrNO5/c1-6-14(18(22)26-19(3,4)5)25-15-9-8-12(20)10-13(15)17-16(23-7-2)11-24-21-17/h8-10,14,16H,6-7,11H2,1-5H3/t14-,16?/m0/s1. The predicted molar refractivity (Wildman–Crippen MR) is 103 cm³/mol. The molecule has 1 heterocycles. The van der Waals surface area contributed by atoms with Crippen molar-refractivity contribution in [2.75, 3.05) is 13.2 Å². The molecule has 1 aromatic carbocycles. The Morgan fingerprint density at radius 3 is 2.73 bits per heavy atom. The minimum absolute atomic E-state index is 0.266. The Kier molecular flexibility index (Phi) is 7.06. The van der Waals surface area contributed by atoms with Gasteiger partial charge in [-0.05, 0) is 52.3 Å². The minimum atomic E-state index is -0.706. The lowest BCUT2D eigenvalue weighted by Gasteiger charge is -2.25. The van der Waals surface area contributed by atoms with Crippen LogP contribution in [0.2, 0.25) is 0 Å². The van der Waals surface area contributed by atoms with Crippen molar-refractivity contribution in [3.8, 4) is 5.75 Å². The molecular formula is C19H26BrNO5. The number of halogens is 1. The monoisotopic (exact) mass is 427 g/mol. The third kappa shape index (κ3) is 5.45. The molecule has 0 fully saturated rings. The average molecular weight is 428 g/mol. The lowest BCUT2D eigenvalue weighted by molar-refractivity contribution is -0.163. The molecule has 0 saturated carbocycles. The Balaban J connectivity index is 2.28. The zero-order valence-corrected chi connectivity index (χ0v) is 17.5. The van der Waals surface area contributed by atoms with Crippen molar-refractivity contribution in [1.29, 1.82) is 0 Å². The molecule has 2 atom stereocenters. The summed E-state index contributed by atoms with van der Waals surface area (Å²) in [6.07, 6.45) is -0.483. The van der Waals surface area contributed by atoms with Gasteiger partial charge >= 0.3 is 5.97 Å². The predicted octanol–water partition coefficient (Wildman–Crippen LogP) is 4.09. The van der Waals surface area contributed by atoms with Gasteiger partial charge in [0.15, 0.2) is 6.10 Å². The number of ether oxygens (including phenoxy) is 3. The Morgan fingerprint density at radius 1 is 1.38 bits per heavy atom. The van der Waals surface area contributed by atoms with Crippen LogP contribution in [0, 0.1) is 0 Å². The Hall–Kier alpha value is -1.60. The van der Waals surface area contributed by atoms with Gasteiger partial charge in [-0.15, -0.1) is 0 Å². The van der Waals surface area contributed by atoms with Crippen molar-refractivity contribution in [1.82, 2.24) is 0 Å².